The smallest absolute Gasteiger partial charge is 0.262 e. The van der Waals surface area contributed by atoms with Gasteiger partial charge in [0.1, 0.15) is 6.04 Å². The summed E-state index contributed by atoms with van der Waals surface area (Å²) in [7, 11) is 1.96. The van der Waals surface area contributed by atoms with E-state index in [0.717, 1.165) is 43.1 Å². The minimum Gasteiger partial charge on any atom is -0.371 e. The first-order chi connectivity index (χ1) is 13.5. The highest BCUT2D eigenvalue weighted by Crippen LogP contribution is 2.32. The standard InChI is InChI=1S/C20H24N4O4.2ClH/c1-21-11-12-6-8-23(9-7-12)13-2-3-14-15(10-13)20(28)24(19(14)27)16-4-5-17(25)22-18(16)26;;/h2-3,10,12,16,21H,4-9,11H2,1H3,(H,22,25,26);2*1H. The maximum atomic E-state index is 12.9. The number of carbonyl (C=O) groups excluding carboxylic acids is 4. The fourth-order valence-electron chi connectivity index (χ4n) is 4.34. The Morgan fingerprint density at radius 2 is 1.67 bits per heavy atom. The molecule has 10 heteroatoms. The first kappa shape index (κ1) is 24.1. The zero-order chi connectivity index (χ0) is 19.8. The van der Waals surface area contributed by atoms with Crippen LogP contribution in [0.4, 0.5) is 5.69 Å². The average Bonchev–Trinajstić information content (AvgIpc) is 2.93. The molecule has 2 N–H and O–H groups in total. The van der Waals surface area contributed by atoms with Crippen molar-refractivity contribution in [1.82, 2.24) is 15.5 Å². The first-order valence-electron chi connectivity index (χ1n) is 9.74. The predicted octanol–water partition coefficient (Wildman–Crippen LogP) is 1.37. The first-order valence-corrected chi connectivity index (χ1v) is 9.74. The third kappa shape index (κ3) is 4.31. The van der Waals surface area contributed by atoms with Crippen molar-refractivity contribution >= 4 is 54.1 Å². The minimum atomic E-state index is -0.925. The third-order valence-electron chi connectivity index (χ3n) is 5.90. The van der Waals surface area contributed by atoms with Gasteiger partial charge in [-0.05, 0) is 57.0 Å². The lowest BCUT2D eigenvalue weighted by molar-refractivity contribution is -0.136. The monoisotopic (exact) mass is 456 g/mol. The number of fused-ring (bicyclic) bond motifs is 1. The average molecular weight is 457 g/mol. The van der Waals surface area contributed by atoms with Crippen molar-refractivity contribution < 1.29 is 19.2 Å². The van der Waals surface area contributed by atoms with Crippen LogP contribution in [0.1, 0.15) is 46.4 Å². The Hall–Kier alpha value is -2.16. The van der Waals surface area contributed by atoms with Crippen LogP contribution in [-0.2, 0) is 9.59 Å². The lowest BCUT2D eigenvalue weighted by Gasteiger charge is -2.33. The Bertz CT molecular complexity index is 855. The van der Waals surface area contributed by atoms with Crippen LogP contribution in [-0.4, -0.2) is 61.3 Å². The van der Waals surface area contributed by atoms with E-state index in [2.05, 4.69) is 15.5 Å². The van der Waals surface area contributed by atoms with E-state index in [9.17, 15) is 19.2 Å². The van der Waals surface area contributed by atoms with Crippen molar-refractivity contribution in [2.75, 3.05) is 31.6 Å². The van der Waals surface area contributed by atoms with Crippen LogP contribution < -0.4 is 15.5 Å². The van der Waals surface area contributed by atoms with Gasteiger partial charge in [-0.1, -0.05) is 0 Å². The topological polar surface area (TPSA) is 98.8 Å². The lowest BCUT2D eigenvalue weighted by Crippen LogP contribution is -2.54. The van der Waals surface area contributed by atoms with Gasteiger partial charge in [0.2, 0.25) is 11.8 Å². The summed E-state index contributed by atoms with van der Waals surface area (Å²) in [6, 6.07) is 4.39. The Balaban J connectivity index is 0.00000160. The molecule has 1 aromatic carbocycles. The van der Waals surface area contributed by atoms with E-state index in [1.807, 2.05) is 13.1 Å². The van der Waals surface area contributed by atoms with Gasteiger partial charge in [0.05, 0.1) is 11.1 Å². The number of piperidine rings is 2. The van der Waals surface area contributed by atoms with E-state index in [-0.39, 0.29) is 43.6 Å². The maximum Gasteiger partial charge on any atom is 0.262 e. The number of rotatable bonds is 4. The second kappa shape index (κ2) is 9.76. The highest BCUT2D eigenvalue weighted by atomic mass is 35.5. The molecule has 0 spiro atoms. The molecule has 0 aliphatic carbocycles. The number of hydrogen-bond donors (Lipinski definition) is 2. The van der Waals surface area contributed by atoms with Gasteiger partial charge in [0.25, 0.3) is 11.8 Å². The van der Waals surface area contributed by atoms with Gasteiger partial charge >= 0.3 is 0 Å². The number of hydrogen-bond acceptors (Lipinski definition) is 6. The normalized spacial score (nSPS) is 21.7. The molecule has 1 atom stereocenters. The van der Waals surface area contributed by atoms with E-state index in [4.69, 9.17) is 0 Å². The SMILES string of the molecule is CNCC1CCN(c2ccc3c(c2)C(=O)N(C2CCC(=O)NC2=O)C3=O)CC1.Cl.Cl. The van der Waals surface area contributed by atoms with E-state index in [1.165, 1.54) is 0 Å². The zero-order valence-corrected chi connectivity index (χ0v) is 18.3. The number of halogens is 2. The quantitative estimate of drug-likeness (QED) is 0.663. The molecule has 0 radical (unpaired) electrons. The van der Waals surface area contributed by atoms with Gasteiger partial charge < -0.3 is 10.2 Å². The Labute approximate surface area is 187 Å². The Morgan fingerprint density at radius 3 is 2.30 bits per heavy atom. The lowest BCUT2D eigenvalue weighted by atomic mass is 9.96. The fraction of sp³-hybridized carbons (Fsp3) is 0.500. The van der Waals surface area contributed by atoms with Crippen molar-refractivity contribution in [3.05, 3.63) is 29.3 Å². The molecule has 0 bridgehead atoms. The predicted molar refractivity (Wildman–Crippen MR) is 116 cm³/mol. The highest BCUT2D eigenvalue weighted by Gasteiger charge is 2.44. The van der Waals surface area contributed by atoms with E-state index in [0.29, 0.717) is 17.0 Å². The van der Waals surface area contributed by atoms with E-state index >= 15 is 0 Å². The molecule has 0 aromatic heterocycles. The summed E-state index contributed by atoms with van der Waals surface area (Å²) >= 11 is 0. The van der Waals surface area contributed by atoms with Gasteiger partial charge in [0, 0.05) is 25.2 Å². The number of carbonyl (C=O) groups is 4. The summed E-state index contributed by atoms with van der Waals surface area (Å²) in [5.41, 5.74) is 1.58. The second-order valence-corrected chi connectivity index (χ2v) is 7.67. The van der Waals surface area contributed by atoms with Crippen molar-refractivity contribution in [2.24, 2.45) is 5.92 Å². The maximum absolute atomic E-state index is 12.9. The van der Waals surface area contributed by atoms with E-state index in [1.54, 1.807) is 12.1 Å². The summed E-state index contributed by atoms with van der Waals surface area (Å²) in [6.45, 7) is 2.82. The molecule has 3 heterocycles. The molecule has 1 aromatic rings. The Kier molecular flexibility index (Phi) is 7.85. The van der Waals surface area contributed by atoms with Crippen molar-refractivity contribution in [3.8, 4) is 0 Å². The molecular formula is C20H26Cl2N4O4. The summed E-state index contributed by atoms with van der Waals surface area (Å²) in [4.78, 5) is 52.4. The number of imide groups is 2. The van der Waals surface area contributed by atoms with Crippen LogP contribution in [0.15, 0.2) is 18.2 Å². The van der Waals surface area contributed by atoms with Crippen LogP contribution in [0.5, 0.6) is 0 Å². The van der Waals surface area contributed by atoms with Gasteiger partial charge in [-0.25, -0.2) is 0 Å². The fourth-order valence-corrected chi connectivity index (χ4v) is 4.34. The van der Waals surface area contributed by atoms with Gasteiger partial charge in [0.15, 0.2) is 0 Å². The zero-order valence-electron chi connectivity index (χ0n) is 16.7. The summed E-state index contributed by atoms with van der Waals surface area (Å²) in [5.74, 6) is -1.23. The van der Waals surface area contributed by atoms with Crippen LogP contribution >= 0.6 is 24.8 Å². The summed E-state index contributed by atoms with van der Waals surface area (Å²) < 4.78 is 0. The largest absolute Gasteiger partial charge is 0.371 e. The van der Waals surface area contributed by atoms with Gasteiger partial charge in [-0.2, -0.15) is 0 Å². The third-order valence-corrected chi connectivity index (χ3v) is 5.90. The number of benzene rings is 1. The molecule has 4 amide bonds. The molecular weight excluding hydrogens is 431 g/mol. The number of nitrogens with zero attached hydrogens (tertiary/aromatic N) is 2. The van der Waals surface area contributed by atoms with E-state index < -0.39 is 23.8 Å². The molecule has 4 rings (SSSR count). The minimum absolute atomic E-state index is 0. The number of nitrogens with one attached hydrogen (secondary N) is 2. The molecule has 2 saturated heterocycles. The molecule has 30 heavy (non-hydrogen) atoms. The van der Waals surface area contributed by atoms with Crippen molar-refractivity contribution in [2.45, 2.75) is 31.7 Å². The summed E-state index contributed by atoms with van der Waals surface area (Å²) in [6.07, 6.45) is 2.44. The molecule has 3 aliphatic rings. The van der Waals surface area contributed by atoms with Gasteiger partial charge in [-0.15, -0.1) is 24.8 Å². The van der Waals surface area contributed by atoms with Crippen molar-refractivity contribution in [1.29, 1.82) is 0 Å². The van der Waals surface area contributed by atoms with Gasteiger partial charge in [-0.3, -0.25) is 29.4 Å². The number of anilines is 1. The molecule has 0 saturated carbocycles. The molecule has 2 fully saturated rings. The van der Waals surface area contributed by atoms with Crippen LogP contribution in [0.3, 0.4) is 0 Å². The second-order valence-electron chi connectivity index (χ2n) is 7.67. The van der Waals surface area contributed by atoms with Crippen molar-refractivity contribution in [3.63, 3.8) is 0 Å². The molecule has 164 valence electrons. The van der Waals surface area contributed by atoms with Crippen LogP contribution in [0, 0.1) is 5.92 Å². The van der Waals surface area contributed by atoms with Crippen LogP contribution in [0.2, 0.25) is 0 Å². The number of amides is 4. The highest BCUT2D eigenvalue weighted by molar-refractivity contribution is 6.23. The molecule has 8 nitrogen and oxygen atoms in total. The van der Waals surface area contributed by atoms with Crippen LogP contribution in [0.25, 0.3) is 0 Å². The molecule has 1 unspecified atom stereocenters. The molecule has 3 aliphatic heterocycles. The summed E-state index contributed by atoms with van der Waals surface area (Å²) in [5, 5.41) is 5.43. The Morgan fingerprint density at radius 1 is 1.00 bits per heavy atom.